The molecule has 7 rings (SSSR count). The van der Waals surface area contributed by atoms with Crippen molar-refractivity contribution in [2.75, 3.05) is 26.7 Å². The molecule has 308 valence electrons. The lowest BCUT2D eigenvalue weighted by molar-refractivity contribution is -0.142. The van der Waals surface area contributed by atoms with Gasteiger partial charge in [-0.15, -0.1) is 11.3 Å². The number of benzene rings is 1. The Kier molecular flexibility index (Phi) is 11.4. The largest absolute Gasteiger partial charge is 0.495 e. The molecule has 2 saturated heterocycles. The highest BCUT2D eigenvalue weighted by Gasteiger charge is 2.63. The topological polar surface area (TPSA) is 193 Å². The minimum Gasteiger partial charge on any atom is -0.495 e. The van der Waals surface area contributed by atoms with E-state index in [1.165, 1.54) is 23.3 Å². The number of hydrogen-bond acceptors (Lipinski definition) is 11. The Morgan fingerprint density at radius 2 is 1.84 bits per heavy atom. The maximum Gasteiger partial charge on any atom is 0.408 e. The number of carbonyl (C=O) groups excluding carboxylic acids is 5. The number of hydrogen-bond donors (Lipinski definition) is 3. The monoisotopic (exact) mass is 844 g/mol. The average molecular weight is 845 g/mol. The Labute approximate surface area is 341 Å². The van der Waals surface area contributed by atoms with Crippen LogP contribution in [0.1, 0.15) is 82.6 Å². The van der Waals surface area contributed by atoms with E-state index < -0.39 is 74.1 Å². The van der Waals surface area contributed by atoms with Crippen LogP contribution in [-0.2, 0) is 29.1 Å². The summed E-state index contributed by atoms with van der Waals surface area (Å²) in [6.07, 6.45) is 7.29. The molecule has 0 unspecified atom stereocenters. The van der Waals surface area contributed by atoms with Crippen molar-refractivity contribution in [3.05, 3.63) is 46.4 Å². The van der Waals surface area contributed by atoms with Crippen molar-refractivity contribution in [2.45, 2.75) is 101 Å². The summed E-state index contributed by atoms with van der Waals surface area (Å²) in [5.74, 6) is -3.02. The van der Waals surface area contributed by atoms with Crippen LogP contribution in [0.3, 0.4) is 0 Å². The number of nitrogens with zero attached hydrogens (tertiary/aromatic N) is 3. The van der Waals surface area contributed by atoms with Crippen LogP contribution in [0.15, 0.2) is 35.7 Å². The van der Waals surface area contributed by atoms with Crippen molar-refractivity contribution < 1.29 is 41.9 Å². The minimum atomic E-state index is -3.92. The number of allylic oxidation sites excluding steroid dienone is 1. The Bertz CT molecular complexity index is 2080. The molecule has 0 spiro atoms. The van der Waals surface area contributed by atoms with Gasteiger partial charge in [-0.25, -0.2) is 18.2 Å². The van der Waals surface area contributed by atoms with Crippen molar-refractivity contribution in [1.82, 2.24) is 30.1 Å². The molecule has 15 nitrogen and oxygen atoms in total. The van der Waals surface area contributed by atoms with Crippen LogP contribution < -0.4 is 20.1 Å². The number of carbonyl (C=O) groups is 5. The number of ether oxygens (including phenoxy) is 2. The zero-order valence-corrected chi connectivity index (χ0v) is 34.8. The van der Waals surface area contributed by atoms with E-state index in [0.717, 1.165) is 18.4 Å². The number of amides is 5. The summed E-state index contributed by atoms with van der Waals surface area (Å²) in [6.45, 7) is 5.64. The van der Waals surface area contributed by atoms with E-state index in [2.05, 4.69) is 20.3 Å². The van der Waals surface area contributed by atoms with Gasteiger partial charge in [0.2, 0.25) is 21.8 Å². The van der Waals surface area contributed by atoms with Gasteiger partial charge in [0.25, 0.3) is 11.8 Å². The normalized spacial score (nSPS) is 28.5. The molecular weight excluding hydrogens is 796 g/mol. The van der Waals surface area contributed by atoms with Crippen molar-refractivity contribution in [2.24, 2.45) is 17.8 Å². The van der Waals surface area contributed by atoms with Gasteiger partial charge in [0, 0.05) is 48.3 Å². The number of likely N-dealkylation sites (tertiary alicyclic amines) is 1. The first kappa shape index (κ1) is 41.0. The second kappa shape index (κ2) is 15.9. The van der Waals surface area contributed by atoms with E-state index in [9.17, 15) is 32.4 Å². The number of alkyl carbamates (subject to hydrolysis) is 1. The van der Waals surface area contributed by atoms with Gasteiger partial charge in [0.15, 0.2) is 0 Å². The first-order chi connectivity index (χ1) is 27.0. The van der Waals surface area contributed by atoms with Crippen molar-refractivity contribution >= 4 is 62.7 Å². The lowest BCUT2D eigenvalue weighted by Gasteiger charge is -2.33. The standard InChI is InChI=1S/C39H49ClN6O9S2/c1-38(2,3)55-37(51)42-28-11-9-7-5-6-8-10-24-17-39(24,36(50)44-57(52,53)25-13-14-25)43-32(47)31-26-20-45(18-23(26)19-46(31)35(28)49)34(48)29-21-56-33(41-29)22-12-15-30(54-4)27(40)16-22/h8,10,12,15-16,21,23-26,28,31H,5-7,9,11,13-14,17-20H2,1-4H3,(H,42,51)(H,43,47)(H,44,50)/b10-8-/t23-,24-,26-,28-,31-,39+/m0/s1. The average Bonchev–Trinajstić information content (AvgIpc) is 3.96. The summed E-state index contributed by atoms with van der Waals surface area (Å²) in [7, 11) is -2.40. The molecule has 0 bridgehead atoms. The van der Waals surface area contributed by atoms with Crippen molar-refractivity contribution in [1.29, 1.82) is 0 Å². The van der Waals surface area contributed by atoms with Gasteiger partial charge in [-0.2, -0.15) is 0 Å². The molecule has 57 heavy (non-hydrogen) atoms. The molecule has 2 aromatic rings. The molecule has 4 fully saturated rings. The maximum atomic E-state index is 14.7. The van der Waals surface area contributed by atoms with Gasteiger partial charge in [0.1, 0.15) is 39.7 Å². The Morgan fingerprint density at radius 1 is 1.07 bits per heavy atom. The number of nitrogens with one attached hydrogen (secondary N) is 3. The fourth-order valence-electron chi connectivity index (χ4n) is 8.15. The molecular formula is C39H49ClN6O9S2. The van der Waals surface area contributed by atoms with E-state index in [1.807, 2.05) is 12.2 Å². The number of methoxy groups -OCH3 is 1. The lowest BCUT2D eigenvalue weighted by atomic mass is 9.93. The van der Waals surface area contributed by atoms with Crippen LogP contribution in [0.5, 0.6) is 5.75 Å². The zero-order chi connectivity index (χ0) is 40.9. The Balaban J connectivity index is 1.16. The second-order valence-electron chi connectivity index (χ2n) is 16.7. The lowest BCUT2D eigenvalue weighted by Crippen LogP contribution is -2.60. The minimum absolute atomic E-state index is 0.114. The van der Waals surface area contributed by atoms with E-state index in [-0.39, 0.29) is 43.6 Å². The van der Waals surface area contributed by atoms with Gasteiger partial charge in [-0.1, -0.05) is 36.6 Å². The van der Waals surface area contributed by atoms with Crippen LogP contribution in [0.2, 0.25) is 5.02 Å². The second-order valence-corrected chi connectivity index (χ2v) is 19.9. The van der Waals surface area contributed by atoms with E-state index in [0.29, 0.717) is 47.9 Å². The molecule has 1 aromatic heterocycles. The van der Waals surface area contributed by atoms with Crippen LogP contribution >= 0.6 is 22.9 Å². The number of rotatable bonds is 7. The number of aromatic nitrogens is 1. The molecule has 6 atom stereocenters. The summed E-state index contributed by atoms with van der Waals surface area (Å²) in [5, 5.41) is 7.68. The van der Waals surface area contributed by atoms with E-state index in [4.69, 9.17) is 21.1 Å². The third kappa shape index (κ3) is 8.80. The van der Waals surface area contributed by atoms with Crippen LogP contribution in [0, 0.1) is 17.8 Å². The van der Waals surface area contributed by atoms with Gasteiger partial charge in [0.05, 0.1) is 17.4 Å². The first-order valence-electron chi connectivity index (χ1n) is 19.4. The van der Waals surface area contributed by atoms with Gasteiger partial charge < -0.3 is 29.9 Å². The molecule has 4 heterocycles. The van der Waals surface area contributed by atoms with Gasteiger partial charge >= 0.3 is 6.09 Å². The molecule has 2 saturated carbocycles. The summed E-state index contributed by atoms with van der Waals surface area (Å²) in [6, 6.07) is 3.11. The highest BCUT2D eigenvalue weighted by molar-refractivity contribution is 7.91. The summed E-state index contributed by atoms with van der Waals surface area (Å²) in [5.41, 5.74) is -1.41. The van der Waals surface area contributed by atoms with Crippen LogP contribution in [0.4, 0.5) is 4.79 Å². The number of sulfonamides is 1. The number of halogens is 1. The molecule has 3 N–H and O–H groups in total. The quantitative estimate of drug-likeness (QED) is 0.339. The summed E-state index contributed by atoms with van der Waals surface area (Å²) in [4.78, 5) is 77.7. The number of thiazole rings is 1. The van der Waals surface area contributed by atoms with Crippen LogP contribution in [0.25, 0.3) is 10.6 Å². The predicted octanol–water partition coefficient (Wildman–Crippen LogP) is 4.27. The van der Waals surface area contributed by atoms with Gasteiger partial charge in [-0.05, 0) is 77.5 Å². The highest BCUT2D eigenvalue weighted by Crippen LogP contribution is 2.47. The summed E-state index contributed by atoms with van der Waals surface area (Å²) >= 11 is 7.63. The fraction of sp³-hybridized carbons (Fsp3) is 0.590. The van der Waals surface area contributed by atoms with Gasteiger partial charge in [-0.3, -0.25) is 23.9 Å². The first-order valence-corrected chi connectivity index (χ1v) is 22.2. The molecule has 2 aliphatic carbocycles. The summed E-state index contributed by atoms with van der Waals surface area (Å²) < 4.78 is 38.8. The van der Waals surface area contributed by atoms with E-state index in [1.54, 1.807) is 49.3 Å². The molecule has 1 aromatic carbocycles. The Morgan fingerprint density at radius 3 is 2.54 bits per heavy atom. The molecule has 3 aliphatic heterocycles. The van der Waals surface area contributed by atoms with Crippen molar-refractivity contribution in [3.63, 3.8) is 0 Å². The number of fused-ring (bicyclic) bond motifs is 4. The molecule has 18 heteroatoms. The smallest absolute Gasteiger partial charge is 0.408 e. The van der Waals surface area contributed by atoms with Crippen molar-refractivity contribution in [3.8, 4) is 16.3 Å². The molecule has 5 aliphatic rings. The predicted molar refractivity (Wildman–Crippen MR) is 212 cm³/mol. The fourth-order valence-corrected chi connectivity index (χ4v) is 10.6. The van der Waals surface area contributed by atoms with E-state index >= 15 is 0 Å². The third-order valence-electron chi connectivity index (χ3n) is 11.3. The Hall–Kier alpha value is -4.22. The van der Waals surface area contributed by atoms with Crippen LogP contribution in [-0.4, -0.2) is 108 Å². The highest BCUT2D eigenvalue weighted by atomic mass is 35.5. The molecule has 5 amide bonds. The zero-order valence-electron chi connectivity index (χ0n) is 32.4. The SMILES string of the molecule is COc1ccc(-c2nc(C(=O)N3C[C@H]4CN5C(=O)[C@@H](NC(=O)OC(C)(C)C)CCCCC/C=C\[C@H]6C[C@@]6(C(=O)NS(=O)(=O)C6CC6)NC(=O)[C@@H]5[C@H]4C3)cs2)cc1Cl. The third-order valence-corrected chi connectivity index (χ3v) is 14.3. The molecule has 0 radical (unpaired) electrons. The maximum absolute atomic E-state index is 14.7.